The monoisotopic (exact) mass is 169 g/mol. The molecular weight excluding hydrogens is 164 g/mol. The molecular formula is C8H5F2NO. The second-order valence-corrected chi connectivity index (χ2v) is 2.33. The minimum absolute atomic E-state index is 0.133. The molecule has 2 rings (SSSR count). The van der Waals surface area contributed by atoms with Crippen LogP contribution in [0.4, 0.5) is 8.78 Å². The van der Waals surface area contributed by atoms with Crippen LogP contribution in [0.25, 0.3) is 5.83 Å². The standard InChI is InChI=1S/C8H5F2NO/c9-7-5-3-1-2-4-6(5)12-11-8(7)10/h1-4,11H. The minimum atomic E-state index is -1.09. The molecule has 0 spiro atoms. The fraction of sp³-hybridized carbons (Fsp3) is 0. The number of hydroxylamine groups is 1. The van der Waals surface area contributed by atoms with Crippen LogP contribution in [-0.2, 0) is 0 Å². The number of benzene rings is 1. The first-order valence-corrected chi connectivity index (χ1v) is 3.36. The summed E-state index contributed by atoms with van der Waals surface area (Å²) in [6.07, 6.45) is 0. The molecule has 1 aromatic carbocycles. The molecule has 4 heteroatoms. The van der Waals surface area contributed by atoms with Gasteiger partial charge in [0.05, 0.1) is 5.56 Å². The fourth-order valence-corrected chi connectivity index (χ4v) is 1.000. The van der Waals surface area contributed by atoms with Gasteiger partial charge in [-0.15, -0.1) is 0 Å². The van der Waals surface area contributed by atoms with E-state index >= 15 is 0 Å². The quantitative estimate of drug-likeness (QED) is 0.601. The van der Waals surface area contributed by atoms with Crippen molar-refractivity contribution in [2.75, 3.05) is 0 Å². The Balaban J connectivity index is 2.59. The molecule has 1 aromatic rings. The highest BCUT2D eigenvalue weighted by Crippen LogP contribution is 2.31. The summed E-state index contributed by atoms with van der Waals surface area (Å²) in [5, 5.41) is 0. The van der Waals surface area contributed by atoms with Crippen molar-refractivity contribution >= 4 is 5.83 Å². The van der Waals surface area contributed by atoms with Gasteiger partial charge in [-0.3, -0.25) is 0 Å². The van der Waals surface area contributed by atoms with Crippen molar-refractivity contribution in [3.05, 3.63) is 35.8 Å². The van der Waals surface area contributed by atoms with Crippen LogP contribution in [0.15, 0.2) is 30.2 Å². The van der Waals surface area contributed by atoms with Crippen LogP contribution in [0.2, 0.25) is 0 Å². The van der Waals surface area contributed by atoms with Crippen LogP contribution in [-0.4, -0.2) is 0 Å². The van der Waals surface area contributed by atoms with E-state index in [1.165, 1.54) is 6.07 Å². The zero-order valence-corrected chi connectivity index (χ0v) is 5.97. The maximum absolute atomic E-state index is 12.9. The first kappa shape index (κ1) is 7.09. The molecule has 12 heavy (non-hydrogen) atoms. The minimum Gasteiger partial charge on any atom is -0.379 e. The molecule has 1 N–H and O–H groups in total. The summed E-state index contributed by atoms with van der Waals surface area (Å²) in [7, 11) is 0. The molecule has 0 bridgehead atoms. The number of hydrogen-bond donors (Lipinski definition) is 1. The van der Waals surface area contributed by atoms with E-state index in [1.54, 1.807) is 18.2 Å². The molecule has 0 atom stereocenters. The third kappa shape index (κ3) is 0.922. The predicted molar refractivity (Wildman–Crippen MR) is 39.3 cm³/mol. The fourth-order valence-electron chi connectivity index (χ4n) is 1.000. The molecule has 0 amide bonds. The predicted octanol–water partition coefficient (Wildman–Crippen LogP) is 2.15. The maximum Gasteiger partial charge on any atom is 0.256 e. The van der Waals surface area contributed by atoms with Gasteiger partial charge in [-0.25, -0.2) is 4.39 Å². The van der Waals surface area contributed by atoms with Gasteiger partial charge in [0.2, 0.25) is 0 Å². The third-order valence-electron chi connectivity index (χ3n) is 1.57. The van der Waals surface area contributed by atoms with Crippen LogP contribution in [0.1, 0.15) is 5.56 Å². The van der Waals surface area contributed by atoms with E-state index in [-0.39, 0.29) is 11.3 Å². The van der Waals surface area contributed by atoms with Crippen LogP contribution in [0.5, 0.6) is 5.75 Å². The van der Waals surface area contributed by atoms with E-state index in [4.69, 9.17) is 0 Å². The molecule has 0 aromatic heterocycles. The highest BCUT2D eigenvalue weighted by molar-refractivity contribution is 5.67. The van der Waals surface area contributed by atoms with Gasteiger partial charge in [-0.05, 0) is 12.1 Å². The van der Waals surface area contributed by atoms with Crippen LogP contribution in [0.3, 0.4) is 0 Å². The largest absolute Gasteiger partial charge is 0.379 e. The van der Waals surface area contributed by atoms with E-state index in [2.05, 4.69) is 4.84 Å². The lowest BCUT2D eigenvalue weighted by Crippen LogP contribution is -2.20. The lowest BCUT2D eigenvalue weighted by molar-refractivity contribution is 0.188. The Hall–Kier alpha value is -1.58. The van der Waals surface area contributed by atoms with Gasteiger partial charge in [0.15, 0.2) is 11.6 Å². The molecule has 0 saturated heterocycles. The molecule has 0 radical (unpaired) electrons. The van der Waals surface area contributed by atoms with Crippen LogP contribution in [0, 0.1) is 0 Å². The number of nitrogens with one attached hydrogen (secondary N) is 1. The summed E-state index contributed by atoms with van der Waals surface area (Å²) in [5.74, 6) is -1.72. The van der Waals surface area contributed by atoms with Crippen molar-refractivity contribution in [1.29, 1.82) is 0 Å². The van der Waals surface area contributed by atoms with E-state index in [1.807, 2.05) is 5.48 Å². The molecule has 0 fully saturated rings. The Morgan fingerprint density at radius 1 is 1.17 bits per heavy atom. The van der Waals surface area contributed by atoms with Gasteiger partial charge in [0, 0.05) is 0 Å². The average molecular weight is 169 g/mol. The Morgan fingerprint density at radius 2 is 1.92 bits per heavy atom. The normalized spacial score (nSPS) is 14.8. The van der Waals surface area contributed by atoms with E-state index < -0.39 is 11.8 Å². The Kier molecular flexibility index (Phi) is 1.46. The zero-order valence-electron chi connectivity index (χ0n) is 5.97. The highest BCUT2D eigenvalue weighted by Gasteiger charge is 2.19. The Bertz CT molecular complexity index is 349. The summed E-state index contributed by atoms with van der Waals surface area (Å²) < 4.78 is 25.5. The van der Waals surface area contributed by atoms with Crippen molar-refractivity contribution in [3.8, 4) is 5.75 Å². The van der Waals surface area contributed by atoms with Crippen LogP contribution >= 0.6 is 0 Å². The average Bonchev–Trinajstić information content (AvgIpc) is 2.12. The molecule has 0 saturated carbocycles. The molecule has 1 aliphatic rings. The number of para-hydroxylation sites is 1. The number of halogens is 2. The maximum atomic E-state index is 12.9. The van der Waals surface area contributed by atoms with Gasteiger partial charge < -0.3 is 4.84 Å². The second kappa shape index (κ2) is 2.48. The van der Waals surface area contributed by atoms with Gasteiger partial charge in [-0.1, -0.05) is 12.1 Å². The topological polar surface area (TPSA) is 21.3 Å². The van der Waals surface area contributed by atoms with Crippen molar-refractivity contribution in [2.45, 2.75) is 0 Å². The van der Waals surface area contributed by atoms with Gasteiger partial charge in [0.1, 0.15) is 0 Å². The summed E-state index contributed by atoms with van der Waals surface area (Å²) in [4.78, 5) is 4.68. The smallest absolute Gasteiger partial charge is 0.256 e. The number of fused-ring (bicyclic) bond motifs is 1. The first-order valence-electron chi connectivity index (χ1n) is 3.36. The summed E-state index contributed by atoms with van der Waals surface area (Å²) in [5.41, 5.74) is 1.96. The molecule has 2 nitrogen and oxygen atoms in total. The molecule has 0 aliphatic carbocycles. The van der Waals surface area contributed by atoms with E-state index in [0.717, 1.165) is 0 Å². The van der Waals surface area contributed by atoms with Gasteiger partial charge >= 0.3 is 0 Å². The Labute approximate surface area is 67.4 Å². The molecule has 1 heterocycles. The van der Waals surface area contributed by atoms with Crippen molar-refractivity contribution in [1.82, 2.24) is 5.48 Å². The molecule has 62 valence electrons. The van der Waals surface area contributed by atoms with Crippen molar-refractivity contribution in [2.24, 2.45) is 0 Å². The van der Waals surface area contributed by atoms with E-state index in [0.29, 0.717) is 0 Å². The number of rotatable bonds is 0. The van der Waals surface area contributed by atoms with Crippen molar-refractivity contribution < 1.29 is 13.6 Å². The number of hydrogen-bond acceptors (Lipinski definition) is 2. The SMILES string of the molecule is FC1=C(F)c2ccccc2ON1. The lowest BCUT2D eigenvalue weighted by atomic mass is 10.2. The second-order valence-electron chi connectivity index (χ2n) is 2.33. The van der Waals surface area contributed by atoms with Gasteiger partial charge in [0.25, 0.3) is 5.95 Å². The summed E-state index contributed by atoms with van der Waals surface area (Å²) >= 11 is 0. The molecule has 0 unspecified atom stereocenters. The third-order valence-corrected chi connectivity index (χ3v) is 1.57. The van der Waals surface area contributed by atoms with Crippen LogP contribution < -0.4 is 10.3 Å². The molecule has 1 aliphatic heterocycles. The summed E-state index contributed by atoms with van der Waals surface area (Å²) in [6, 6.07) is 6.29. The van der Waals surface area contributed by atoms with Crippen molar-refractivity contribution in [3.63, 3.8) is 0 Å². The Morgan fingerprint density at radius 3 is 2.75 bits per heavy atom. The highest BCUT2D eigenvalue weighted by atomic mass is 19.2. The van der Waals surface area contributed by atoms with E-state index in [9.17, 15) is 8.78 Å². The summed E-state index contributed by atoms with van der Waals surface area (Å²) in [6.45, 7) is 0. The lowest BCUT2D eigenvalue weighted by Gasteiger charge is -2.15. The van der Waals surface area contributed by atoms with Gasteiger partial charge in [-0.2, -0.15) is 9.87 Å². The first-order chi connectivity index (χ1) is 5.79. The zero-order chi connectivity index (χ0) is 8.55.